The molecule has 5 aliphatic rings. The molecule has 0 atom stereocenters. The lowest BCUT2D eigenvalue weighted by atomic mass is 9.70. The number of nitriles is 1. The maximum Gasteiger partial charge on any atom is 0.343 e. The van der Waals surface area contributed by atoms with E-state index < -0.39 is 29.2 Å². The number of benzene rings is 3. The number of amides is 5. The van der Waals surface area contributed by atoms with Crippen molar-refractivity contribution in [3.63, 3.8) is 0 Å². The largest absolute Gasteiger partial charge is 0.371 e. The molecule has 2 N–H and O–H groups in total. The Kier molecular flexibility index (Phi) is 8.59. The highest BCUT2D eigenvalue weighted by Crippen LogP contribution is 2.46. The Hall–Kier alpha value is -5.84. The highest BCUT2D eigenvalue weighted by atomic mass is 16.2. The molecule has 13 heteroatoms. The van der Waals surface area contributed by atoms with Gasteiger partial charge in [0.15, 0.2) is 5.78 Å². The third-order valence-electron chi connectivity index (χ3n) is 12.6. The number of aromatic nitrogens is 1. The lowest BCUT2D eigenvalue weighted by Gasteiger charge is -2.44. The summed E-state index contributed by atoms with van der Waals surface area (Å²) in [4.78, 5) is 75.5. The zero-order valence-electron chi connectivity index (χ0n) is 31.9. The number of aromatic amines is 1. The Bertz CT molecular complexity index is 2410. The summed E-state index contributed by atoms with van der Waals surface area (Å²) in [6.45, 7) is 12.7. The average molecular weight is 753 g/mol. The van der Waals surface area contributed by atoms with Gasteiger partial charge in [0.1, 0.15) is 0 Å². The van der Waals surface area contributed by atoms with Crippen LogP contribution in [0.25, 0.3) is 10.9 Å². The van der Waals surface area contributed by atoms with Crippen molar-refractivity contribution in [2.45, 2.75) is 64.5 Å². The number of fused-ring (bicyclic) bond motifs is 5. The summed E-state index contributed by atoms with van der Waals surface area (Å²) in [6, 6.07) is 17.1. The second-order valence-electron chi connectivity index (χ2n) is 16.1. The van der Waals surface area contributed by atoms with Crippen LogP contribution in [0.15, 0.2) is 48.5 Å². The fourth-order valence-corrected chi connectivity index (χ4v) is 9.51. The van der Waals surface area contributed by atoms with Crippen molar-refractivity contribution >= 4 is 46.1 Å². The van der Waals surface area contributed by atoms with Crippen LogP contribution in [-0.2, 0) is 23.2 Å². The maximum atomic E-state index is 14.1. The van der Waals surface area contributed by atoms with Gasteiger partial charge in [-0.2, -0.15) is 10.3 Å². The zero-order valence-corrected chi connectivity index (χ0v) is 31.9. The molecular formula is C43H44N8O5. The van der Waals surface area contributed by atoms with Crippen LogP contribution < -0.4 is 10.2 Å². The molecular weight excluding hydrogens is 709 g/mol. The van der Waals surface area contributed by atoms with Crippen LogP contribution in [-0.4, -0.2) is 106 Å². The van der Waals surface area contributed by atoms with Crippen molar-refractivity contribution in [1.29, 1.82) is 5.26 Å². The van der Waals surface area contributed by atoms with E-state index in [2.05, 4.69) is 64.0 Å². The van der Waals surface area contributed by atoms with E-state index in [0.717, 1.165) is 102 Å². The molecule has 5 amide bonds. The van der Waals surface area contributed by atoms with E-state index in [9.17, 15) is 29.2 Å². The average Bonchev–Trinajstić information content (AvgIpc) is 3.71. The van der Waals surface area contributed by atoms with Crippen LogP contribution >= 0.6 is 0 Å². The summed E-state index contributed by atoms with van der Waals surface area (Å²) < 4.78 is 0. The van der Waals surface area contributed by atoms with Crippen LogP contribution in [0.1, 0.15) is 105 Å². The minimum absolute atomic E-state index is 0.0205. The topological polar surface area (TPSA) is 153 Å². The number of nitrogens with one attached hydrogen (secondary N) is 2. The van der Waals surface area contributed by atoms with Crippen LogP contribution in [0.2, 0.25) is 0 Å². The molecule has 13 nitrogen and oxygen atoms in total. The standard InChI is InChI=1S/C43H44N8O5/c1-4-27-21-32-33(43(2,3)39-37(38(32)53)30-8-5-25(23-44)20-34(30)45-39)22-35(27)49-12-9-28(10-13-49)48-17-15-47(16-18-48)24-26-6-7-29-31(19-26)41(55)51(40(29)54)50-14-11-36(52)46-42(50)56/h5-8,19-22,28,45H,4,9-18,24H2,1-3H3,(H,46,52,56). The van der Waals surface area contributed by atoms with Gasteiger partial charge in [-0.15, -0.1) is 0 Å². The predicted molar refractivity (Wildman–Crippen MR) is 208 cm³/mol. The van der Waals surface area contributed by atoms with E-state index in [0.29, 0.717) is 23.7 Å². The van der Waals surface area contributed by atoms with Crippen LogP contribution in [0.4, 0.5) is 10.5 Å². The van der Waals surface area contributed by atoms with E-state index in [-0.39, 0.29) is 29.9 Å². The molecule has 56 heavy (non-hydrogen) atoms. The van der Waals surface area contributed by atoms with Gasteiger partial charge in [-0.1, -0.05) is 32.9 Å². The first-order valence-corrected chi connectivity index (χ1v) is 19.6. The van der Waals surface area contributed by atoms with E-state index in [1.807, 2.05) is 18.2 Å². The lowest BCUT2D eigenvalue weighted by molar-refractivity contribution is -0.122. The van der Waals surface area contributed by atoms with Gasteiger partial charge >= 0.3 is 6.03 Å². The zero-order chi connectivity index (χ0) is 39.0. The molecule has 4 aliphatic heterocycles. The first-order valence-electron chi connectivity index (χ1n) is 19.6. The van der Waals surface area contributed by atoms with E-state index in [1.165, 1.54) is 11.3 Å². The van der Waals surface area contributed by atoms with Gasteiger partial charge in [-0.3, -0.25) is 34.3 Å². The highest BCUT2D eigenvalue weighted by Gasteiger charge is 2.44. The number of rotatable bonds is 6. The summed E-state index contributed by atoms with van der Waals surface area (Å²) in [5.41, 5.74) is 8.26. The summed E-state index contributed by atoms with van der Waals surface area (Å²) in [5.74, 6) is -1.50. The smallest absolute Gasteiger partial charge is 0.343 e. The molecule has 0 unspecified atom stereocenters. The first kappa shape index (κ1) is 35.8. The van der Waals surface area contributed by atoms with Gasteiger partial charge < -0.3 is 9.88 Å². The maximum absolute atomic E-state index is 14.1. The van der Waals surface area contributed by atoms with Gasteiger partial charge in [0, 0.05) is 91.5 Å². The number of piperidine rings is 1. The van der Waals surface area contributed by atoms with Gasteiger partial charge in [-0.25, -0.2) is 9.80 Å². The number of hydrogen-bond acceptors (Lipinski definition) is 9. The Morgan fingerprint density at radius 1 is 0.839 bits per heavy atom. The second kappa shape index (κ2) is 13.4. The Balaban J connectivity index is 0.838. The van der Waals surface area contributed by atoms with E-state index >= 15 is 0 Å². The van der Waals surface area contributed by atoms with Crippen molar-refractivity contribution in [2.75, 3.05) is 50.7 Å². The second-order valence-corrected chi connectivity index (χ2v) is 16.1. The SMILES string of the molecule is CCc1cc2c(cc1N1CCC(N3CCN(Cc4ccc5c(c4)C(=O)N(N4CCC(=O)NC4=O)C5=O)CC3)CC1)C(C)(C)c1[nH]c3cc(C#N)ccc3c1C2=O. The minimum atomic E-state index is -0.770. The van der Waals surface area contributed by atoms with Crippen molar-refractivity contribution in [3.8, 4) is 6.07 Å². The van der Waals surface area contributed by atoms with Crippen LogP contribution in [0.3, 0.4) is 0 Å². The molecule has 0 bridgehead atoms. The summed E-state index contributed by atoms with van der Waals surface area (Å²) in [5, 5.41) is 14.4. The molecule has 3 saturated heterocycles. The monoisotopic (exact) mass is 752 g/mol. The summed E-state index contributed by atoms with van der Waals surface area (Å²) in [6.07, 6.45) is 2.95. The van der Waals surface area contributed by atoms with Crippen molar-refractivity contribution in [1.82, 2.24) is 30.1 Å². The van der Waals surface area contributed by atoms with Gasteiger partial charge in [0.05, 0.1) is 34.9 Å². The van der Waals surface area contributed by atoms with Crippen molar-refractivity contribution in [2.24, 2.45) is 0 Å². The van der Waals surface area contributed by atoms with Gasteiger partial charge in [0.25, 0.3) is 11.8 Å². The molecule has 3 fully saturated rings. The number of piperazine rings is 1. The lowest BCUT2D eigenvalue weighted by Crippen LogP contribution is -2.58. The van der Waals surface area contributed by atoms with E-state index in [1.54, 1.807) is 18.2 Å². The molecule has 286 valence electrons. The quantitative estimate of drug-likeness (QED) is 0.267. The summed E-state index contributed by atoms with van der Waals surface area (Å²) >= 11 is 0. The number of anilines is 1. The molecule has 0 spiro atoms. The number of urea groups is 1. The Labute approximate surface area is 324 Å². The first-order chi connectivity index (χ1) is 27.0. The van der Waals surface area contributed by atoms with Crippen LogP contribution in [0.5, 0.6) is 0 Å². The third-order valence-corrected chi connectivity index (χ3v) is 12.6. The predicted octanol–water partition coefficient (Wildman–Crippen LogP) is 4.71. The Morgan fingerprint density at radius 3 is 2.30 bits per heavy atom. The number of aryl methyl sites for hydroxylation is 1. The number of imide groups is 2. The number of ketones is 1. The molecule has 4 aromatic rings. The number of H-pyrrole nitrogens is 1. The van der Waals surface area contributed by atoms with Crippen molar-refractivity contribution < 1.29 is 24.0 Å². The number of carbonyl (C=O) groups is 5. The minimum Gasteiger partial charge on any atom is -0.371 e. The highest BCUT2D eigenvalue weighted by molar-refractivity contribution is 6.22. The molecule has 1 aliphatic carbocycles. The molecule has 5 heterocycles. The molecule has 9 rings (SSSR count). The number of carbonyl (C=O) groups excluding carboxylic acids is 5. The molecule has 0 radical (unpaired) electrons. The molecule has 0 saturated carbocycles. The number of hydrazine groups is 1. The third kappa shape index (κ3) is 5.69. The molecule has 1 aromatic heterocycles. The fraction of sp³-hybridized carbons (Fsp3) is 0.395. The fourth-order valence-electron chi connectivity index (χ4n) is 9.51. The van der Waals surface area contributed by atoms with Crippen molar-refractivity contribution in [3.05, 3.63) is 98.7 Å². The number of hydrogen-bond donors (Lipinski definition) is 2. The van der Waals surface area contributed by atoms with Crippen LogP contribution in [0, 0.1) is 11.3 Å². The van der Waals surface area contributed by atoms with Gasteiger partial charge in [0.2, 0.25) is 5.91 Å². The summed E-state index contributed by atoms with van der Waals surface area (Å²) in [7, 11) is 0. The molecule has 3 aromatic carbocycles. The van der Waals surface area contributed by atoms with E-state index in [4.69, 9.17) is 0 Å². The number of nitrogens with zero attached hydrogens (tertiary/aromatic N) is 6. The Morgan fingerprint density at radius 2 is 1.59 bits per heavy atom. The van der Waals surface area contributed by atoms with Gasteiger partial charge in [-0.05, 0) is 72.4 Å². The normalized spacial score (nSPS) is 20.3.